The molecule has 0 spiro atoms. The molecule has 1 atom stereocenters. The molecular weight excluding hydrogens is 540 g/mol. The first-order chi connectivity index (χ1) is 21.8. The Kier molecular flexibility index (Phi) is 5.50. The number of anilines is 1. The maximum atomic E-state index is 6.62. The minimum atomic E-state index is -0.418. The molecule has 0 radical (unpaired) electrons. The average molecular weight is 567 g/mol. The van der Waals surface area contributed by atoms with Gasteiger partial charge in [-0.05, 0) is 53.6 Å². The second kappa shape index (κ2) is 9.82. The number of fused-ring (bicyclic) bond motifs is 6. The molecular formula is C39H26N4O. The van der Waals surface area contributed by atoms with Crippen LogP contribution in [0.25, 0.3) is 55.5 Å². The number of oxazole rings is 1. The second-order valence-electron chi connectivity index (χ2n) is 11.1. The quantitative estimate of drug-likeness (QED) is 0.231. The highest BCUT2D eigenvalue weighted by molar-refractivity contribution is 6.18. The normalized spacial score (nSPS) is 14.5. The number of nitrogens with one attached hydrogen (secondary N) is 1. The Morgan fingerprint density at radius 2 is 1.27 bits per heavy atom. The summed E-state index contributed by atoms with van der Waals surface area (Å²) in [4.78, 5) is 10.3. The van der Waals surface area contributed by atoms with Gasteiger partial charge in [0.05, 0.1) is 16.7 Å². The fraction of sp³-hybridized carbons (Fsp3) is 0.0256. The summed E-state index contributed by atoms with van der Waals surface area (Å²) >= 11 is 0. The van der Waals surface area contributed by atoms with E-state index in [2.05, 4.69) is 113 Å². The van der Waals surface area contributed by atoms with E-state index in [0.717, 1.165) is 66.6 Å². The third kappa shape index (κ3) is 3.87. The summed E-state index contributed by atoms with van der Waals surface area (Å²) in [6.07, 6.45) is -0.418. The number of benzene rings is 6. The number of hydrogen-bond acceptors (Lipinski definition) is 4. The first kappa shape index (κ1) is 24.6. The van der Waals surface area contributed by atoms with Gasteiger partial charge in [0.1, 0.15) is 5.52 Å². The molecule has 2 aromatic heterocycles. The second-order valence-corrected chi connectivity index (χ2v) is 11.1. The predicted molar refractivity (Wildman–Crippen MR) is 179 cm³/mol. The van der Waals surface area contributed by atoms with E-state index in [9.17, 15) is 0 Å². The Morgan fingerprint density at radius 1 is 0.591 bits per heavy atom. The molecule has 1 aliphatic rings. The van der Waals surface area contributed by atoms with Crippen LogP contribution in [0.3, 0.4) is 0 Å². The smallest absolute Gasteiger partial charge is 0.227 e. The Hall–Kier alpha value is -5.94. The molecule has 8 aromatic rings. The van der Waals surface area contributed by atoms with Crippen LogP contribution in [0.5, 0.6) is 0 Å². The van der Waals surface area contributed by atoms with E-state index in [0.29, 0.717) is 5.89 Å². The van der Waals surface area contributed by atoms with Gasteiger partial charge in [-0.2, -0.15) is 0 Å². The van der Waals surface area contributed by atoms with Crippen LogP contribution in [-0.4, -0.2) is 15.3 Å². The van der Waals surface area contributed by atoms with Crippen molar-refractivity contribution in [3.05, 3.63) is 157 Å². The largest absolute Gasteiger partial charge is 0.434 e. The highest BCUT2D eigenvalue weighted by Crippen LogP contribution is 2.41. The molecule has 3 heterocycles. The molecule has 1 unspecified atom stereocenters. The van der Waals surface area contributed by atoms with Crippen molar-refractivity contribution in [3.8, 4) is 22.6 Å². The molecule has 5 nitrogen and oxygen atoms in total. The minimum Gasteiger partial charge on any atom is -0.434 e. The van der Waals surface area contributed by atoms with Crippen molar-refractivity contribution in [2.24, 2.45) is 4.99 Å². The molecule has 44 heavy (non-hydrogen) atoms. The Labute approximate surface area is 253 Å². The molecule has 1 aliphatic heterocycles. The maximum Gasteiger partial charge on any atom is 0.227 e. The lowest BCUT2D eigenvalue weighted by atomic mass is 9.99. The SMILES string of the molecule is c1ccc(C2=NC(n3c4ccc(-c5ccccc5)cc4c4ccc5nc(-c6ccccc6)oc5c43)Nc3ccccc32)cc1. The van der Waals surface area contributed by atoms with Crippen LogP contribution in [-0.2, 0) is 0 Å². The van der Waals surface area contributed by atoms with E-state index in [4.69, 9.17) is 14.4 Å². The van der Waals surface area contributed by atoms with E-state index in [-0.39, 0.29) is 0 Å². The molecule has 208 valence electrons. The van der Waals surface area contributed by atoms with Crippen LogP contribution >= 0.6 is 0 Å². The zero-order chi connectivity index (χ0) is 29.0. The molecule has 6 aromatic carbocycles. The first-order valence-corrected chi connectivity index (χ1v) is 14.8. The van der Waals surface area contributed by atoms with Gasteiger partial charge in [-0.15, -0.1) is 0 Å². The summed E-state index contributed by atoms with van der Waals surface area (Å²) < 4.78 is 8.89. The van der Waals surface area contributed by atoms with Gasteiger partial charge in [0, 0.05) is 33.2 Å². The molecule has 5 heteroatoms. The highest BCUT2D eigenvalue weighted by Gasteiger charge is 2.27. The molecule has 0 saturated heterocycles. The monoisotopic (exact) mass is 566 g/mol. The van der Waals surface area contributed by atoms with E-state index in [1.165, 1.54) is 5.56 Å². The summed E-state index contributed by atoms with van der Waals surface area (Å²) in [5.74, 6) is 0.602. The zero-order valence-corrected chi connectivity index (χ0v) is 23.7. The van der Waals surface area contributed by atoms with Crippen LogP contribution in [0.15, 0.2) is 155 Å². The lowest BCUT2D eigenvalue weighted by Crippen LogP contribution is -2.24. The summed E-state index contributed by atoms with van der Waals surface area (Å²) in [7, 11) is 0. The van der Waals surface area contributed by atoms with Gasteiger partial charge in [-0.3, -0.25) is 4.57 Å². The van der Waals surface area contributed by atoms with E-state index in [1.54, 1.807) is 0 Å². The Balaban J connectivity index is 1.35. The van der Waals surface area contributed by atoms with Gasteiger partial charge in [0.15, 0.2) is 5.58 Å². The van der Waals surface area contributed by atoms with Gasteiger partial charge < -0.3 is 9.73 Å². The highest BCUT2D eigenvalue weighted by atomic mass is 16.3. The van der Waals surface area contributed by atoms with Gasteiger partial charge in [0.25, 0.3) is 0 Å². The fourth-order valence-electron chi connectivity index (χ4n) is 6.41. The molecule has 9 rings (SSSR count). The summed E-state index contributed by atoms with van der Waals surface area (Å²) in [6, 6.07) is 50.3. The van der Waals surface area contributed by atoms with Gasteiger partial charge in [-0.1, -0.05) is 103 Å². The molecule has 0 bridgehead atoms. The number of para-hydroxylation sites is 1. The lowest BCUT2D eigenvalue weighted by Gasteiger charge is -2.28. The number of nitrogens with zero attached hydrogens (tertiary/aromatic N) is 3. The lowest BCUT2D eigenvalue weighted by molar-refractivity contribution is 0.603. The zero-order valence-electron chi connectivity index (χ0n) is 23.7. The van der Waals surface area contributed by atoms with Crippen LogP contribution < -0.4 is 5.32 Å². The molecule has 0 saturated carbocycles. The van der Waals surface area contributed by atoms with E-state index in [1.807, 2.05) is 42.5 Å². The van der Waals surface area contributed by atoms with E-state index < -0.39 is 6.29 Å². The maximum absolute atomic E-state index is 6.62. The number of aromatic nitrogens is 2. The van der Waals surface area contributed by atoms with Crippen LogP contribution in [0, 0.1) is 0 Å². The molecule has 0 amide bonds. The number of hydrogen-bond donors (Lipinski definition) is 1. The minimum absolute atomic E-state index is 0.418. The van der Waals surface area contributed by atoms with Gasteiger partial charge >= 0.3 is 0 Å². The Morgan fingerprint density at radius 3 is 2.05 bits per heavy atom. The van der Waals surface area contributed by atoms with Crippen molar-refractivity contribution in [2.75, 3.05) is 5.32 Å². The molecule has 1 N–H and O–H groups in total. The van der Waals surface area contributed by atoms with E-state index >= 15 is 0 Å². The average Bonchev–Trinajstić information content (AvgIpc) is 3.68. The van der Waals surface area contributed by atoms with Crippen molar-refractivity contribution in [2.45, 2.75) is 6.29 Å². The summed E-state index contributed by atoms with van der Waals surface area (Å²) in [5, 5.41) is 5.98. The van der Waals surface area contributed by atoms with Gasteiger partial charge in [0.2, 0.25) is 12.2 Å². The summed E-state index contributed by atoms with van der Waals surface area (Å²) in [5.41, 5.74) is 11.0. The molecule has 0 aliphatic carbocycles. The standard InChI is InChI=1S/C39H26N4O/c1-4-12-25(13-5-1)28-20-23-34-31(24-28)29-21-22-33-37(44-38(40-33)27-16-8-3-9-17-27)36(29)43(34)39-41-32-19-11-10-18-30(32)35(42-39)26-14-6-2-7-15-26/h1-24,39,41H. The topological polar surface area (TPSA) is 55.4 Å². The van der Waals surface area contributed by atoms with Crippen molar-refractivity contribution in [1.82, 2.24) is 9.55 Å². The van der Waals surface area contributed by atoms with Crippen LogP contribution in [0.2, 0.25) is 0 Å². The van der Waals surface area contributed by atoms with Crippen molar-refractivity contribution < 1.29 is 4.42 Å². The number of rotatable bonds is 4. The third-order valence-corrected chi connectivity index (χ3v) is 8.46. The number of aliphatic imine (C=N–C) groups is 1. The fourth-order valence-corrected chi connectivity index (χ4v) is 6.41. The van der Waals surface area contributed by atoms with Gasteiger partial charge in [-0.25, -0.2) is 9.98 Å². The predicted octanol–water partition coefficient (Wildman–Crippen LogP) is 9.69. The Bertz CT molecular complexity index is 2320. The summed E-state index contributed by atoms with van der Waals surface area (Å²) in [6.45, 7) is 0. The first-order valence-electron chi connectivity index (χ1n) is 14.8. The van der Waals surface area contributed by atoms with Crippen LogP contribution in [0.1, 0.15) is 17.4 Å². The van der Waals surface area contributed by atoms with Crippen LogP contribution in [0.4, 0.5) is 5.69 Å². The van der Waals surface area contributed by atoms with Crippen molar-refractivity contribution >= 4 is 44.3 Å². The van der Waals surface area contributed by atoms with Crippen molar-refractivity contribution in [3.63, 3.8) is 0 Å². The third-order valence-electron chi connectivity index (χ3n) is 8.46. The van der Waals surface area contributed by atoms with Crippen molar-refractivity contribution in [1.29, 1.82) is 0 Å². The molecule has 0 fully saturated rings.